The van der Waals surface area contributed by atoms with Gasteiger partial charge in [0.1, 0.15) is 12.0 Å². The summed E-state index contributed by atoms with van der Waals surface area (Å²) in [5.41, 5.74) is 0.329. The fraction of sp³-hybridized carbons (Fsp3) is 0.720. The highest BCUT2D eigenvalue weighted by Crippen LogP contribution is 2.40. The second-order valence-corrected chi connectivity index (χ2v) is 10.5. The number of carbonyl (C=O) groups is 1. The van der Waals surface area contributed by atoms with Gasteiger partial charge < -0.3 is 10.2 Å². The Kier molecular flexibility index (Phi) is 7.54. The van der Waals surface area contributed by atoms with Crippen molar-refractivity contribution < 1.29 is 13.6 Å². The third kappa shape index (κ3) is 5.81. The molecule has 2 atom stereocenters. The summed E-state index contributed by atoms with van der Waals surface area (Å²) in [5, 5.41) is 3.06. The van der Waals surface area contributed by atoms with E-state index < -0.39 is 11.6 Å². The number of likely N-dealkylation sites (tertiary alicyclic amines) is 1. The number of benzene rings is 1. The average Bonchev–Trinajstić information content (AvgIpc) is 2.71. The van der Waals surface area contributed by atoms with Crippen molar-refractivity contribution in [3.8, 4) is 0 Å². The highest BCUT2D eigenvalue weighted by Gasteiger charge is 2.42. The number of carbonyl (C=O) groups excluding carboxylic acids is 1. The van der Waals surface area contributed by atoms with Crippen molar-refractivity contribution in [2.75, 3.05) is 26.2 Å². The van der Waals surface area contributed by atoms with E-state index in [-0.39, 0.29) is 23.1 Å². The van der Waals surface area contributed by atoms with Crippen LogP contribution in [-0.2, 0) is 10.2 Å². The van der Waals surface area contributed by atoms with Crippen molar-refractivity contribution in [3.05, 3.63) is 35.6 Å². The largest absolute Gasteiger partial charge is 0.355 e. The Morgan fingerprint density at radius 3 is 2.60 bits per heavy atom. The Hall–Kier alpha value is -1.49. The number of nitrogens with one attached hydrogen (secondary N) is 1. The lowest BCUT2D eigenvalue weighted by atomic mass is 9.68. The monoisotopic (exact) mass is 420 g/mol. The molecule has 0 bridgehead atoms. The van der Waals surface area contributed by atoms with Gasteiger partial charge in [0.05, 0.1) is 5.41 Å². The van der Waals surface area contributed by atoms with Crippen LogP contribution in [0.5, 0.6) is 0 Å². The summed E-state index contributed by atoms with van der Waals surface area (Å²) in [6, 6.07) is 6.45. The first-order valence-electron chi connectivity index (χ1n) is 11.6. The van der Waals surface area contributed by atoms with Crippen LogP contribution in [0.4, 0.5) is 8.78 Å². The van der Waals surface area contributed by atoms with E-state index >= 15 is 0 Å². The van der Waals surface area contributed by atoms with E-state index in [0.717, 1.165) is 63.6 Å². The maximum absolute atomic E-state index is 14.8. The molecule has 1 aliphatic carbocycles. The van der Waals surface area contributed by atoms with Crippen molar-refractivity contribution >= 4 is 5.91 Å². The molecule has 1 aliphatic heterocycles. The minimum atomic E-state index is -0.921. The van der Waals surface area contributed by atoms with Gasteiger partial charge in [-0.25, -0.2) is 8.78 Å². The van der Waals surface area contributed by atoms with Crippen molar-refractivity contribution in [2.45, 2.75) is 77.3 Å². The summed E-state index contributed by atoms with van der Waals surface area (Å²) in [5.74, 6) is -0.514. The lowest BCUT2D eigenvalue weighted by Crippen LogP contribution is -2.50. The van der Waals surface area contributed by atoms with E-state index in [1.807, 2.05) is 6.07 Å². The van der Waals surface area contributed by atoms with Gasteiger partial charge in [0, 0.05) is 19.0 Å². The molecule has 1 N–H and O–H groups in total. The summed E-state index contributed by atoms with van der Waals surface area (Å²) in [6.45, 7) is 9.25. The van der Waals surface area contributed by atoms with Crippen LogP contribution in [-0.4, -0.2) is 43.2 Å². The Morgan fingerprint density at radius 1 is 1.23 bits per heavy atom. The lowest BCUT2D eigenvalue weighted by molar-refractivity contribution is -0.128. The van der Waals surface area contributed by atoms with Crippen molar-refractivity contribution in [3.63, 3.8) is 0 Å². The van der Waals surface area contributed by atoms with Gasteiger partial charge in [-0.2, -0.15) is 0 Å². The first-order chi connectivity index (χ1) is 14.2. The molecule has 30 heavy (non-hydrogen) atoms. The topological polar surface area (TPSA) is 32.3 Å². The van der Waals surface area contributed by atoms with E-state index in [2.05, 4.69) is 31.0 Å². The summed E-state index contributed by atoms with van der Waals surface area (Å²) in [6.07, 6.45) is 5.37. The van der Waals surface area contributed by atoms with Gasteiger partial charge in [-0.3, -0.25) is 4.79 Å². The van der Waals surface area contributed by atoms with Crippen LogP contribution in [0, 0.1) is 17.2 Å². The molecule has 0 radical (unpaired) electrons. The normalized spacial score (nSPS) is 25.1. The number of piperidine rings is 1. The zero-order valence-electron chi connectivity index (χ0n) is 18.9. The molecule has 168 valence electrons. The van der Waals surface area contributed by atoms with Gasteiger partial charge in [0.25, 0.3) is 0 Å². The predicted molar refractivity (Wildman–Crippen MR) is 118 cm³/mol. The van der Waals surface area contributed by atoms with Crippen LogP contribution in [0.1, 0.15) is 71.3 Å². The zero-order chi connectivity index (χ0) is 21.8. The SMILES string of the molecule is CC(C)(C)CCN1CC[C@@H](CNC(=O)C2(c3cccc(F)c3)CCCCC2)[C@@H](F)C1. The molecule has 5 heteroatoms. The van der Waals surface area contributed by atoms with Crippen LogP contribution in [0.25, 0.3) is 0 Å². The number of rotatable bonds is 6. The first kappa shape index (κ1) is 23.2. The Morgan fingerprint density at radius 2 is 1.97 bits per heavy atom. The van der Waals surface area contributed by atoms with Crippen LogP contribution in [0.3, 0.4) is 0 Å². The van der Waals surface area contributed by atoms with Gasteiger partial charge >= 0.3 is 0 Å². The summed E-state index contributed by atoms with van der Waals surface area (Å²) >= 11 is 0. The Labute approximate surface area is 180 Å². The molecule has 1 aromatic rings. The maximum atomic E-state index is 14.8. The van der Waals surface area contributed by atoms with E-state index in [0.29, 0.717) is 13.1 Å². The molecule has 2 fully saturated rings. The highest BCUT2D eigenvalue weighted by molar-refractivity contribution is 5.88. The summed E-state index contributed by atoms with van der Waals surface area (Å²) < 4.78 is 28.7. The second kappa shape index (κ2) is 9.76. The number of nitrogens with zero attached hydrogens (tertiary/aromatic N) is 1. The van der Waals surface area contributed by atoms with Crippen molar-refractivity contribution in [2.24, 2.45) is 11.3 Å². The fourth-order valence-corrected chi connectivity index (χ4v) is 4.92. The minimum absolute atomic E-state index is 0.0600. The van der Waals surface area contributed by atoms with Crippen LogP contribution >= 0.6 is 0 Å². The standard InChI is InChI=1S/C25H38F2N2O/c1-24(2,3)13-15-29-14-10-19(22(27)18-29)17-28-23(30)25(11-5-4-6-12-25)20-8-7-9-21(26)16-20/h7-9,16,19,22H,4-6,10-15,17-18H2,1-3H3,(H,28,30)/t19-,22-/m0/s1. The number of alkyl halides is 1. The Balaban J connectivity index is 1.58. The molecule has 0 aromatic heterocycles. The molecule has 1 saturated heterocycles. The summed E-state index contributed by atoms with van der Waals surface area (Å²) in [7, 11) is 0. The molecule has 1 saturated carbocycles. The van der Waals surface area contributed by atoms with E-state index in [1.165, 1.54) is 12.1 Å². The molecule has 2 aliphatic rings. The summed E-state index contributed by atoms with van der Waals surface area (Å²) in [4.78, 5) is 15.5. The van der Waals surface area contributed by atoms with Crippen LogP contribution < -0.4 is 5.32 Å². The predicted octanol–water partition coefficient (Wildman–Crippen LogP) is 5.24. The second-order valence-electron chi connectivity index (χ2n) is 10.5. The molecule has 3 rings (SSSR count). The highest BCUT2D eigenvalue weighted by atomic mass is 19.1. The van der Waals surface area contributed by atoms with Gasteiger partial charge in [-0.15, -0.1) is 0 Å². The van der Waals surface area contributed by atoms with E-state index in [9.17, 15) is 13.6 Å². The number of hydrogen-bond donors (Lipinski definition) is 1. The molecule has 0 spiro atoms. The number of amides is 1. The fourth-order valence-electron chi connectivity index (χ4n) is 4.92. The lowest BCUT2D eigenvalue weighted by Gasteiger charge is -2.38. The van der Waals surface area contributed by atoms with Gasteiger partial charge in [0.2, 0.25) is 5.91 Å². The molecule has 1 aromatic carbocycles. The smallest absolute Gasteiger partial charge is 0.230 e. The molecule has 1 heterocycles. The van der Waals surface area contributed by atoms with Crippen LogP contribution in [0.2, 0.25) is 0 Å². The van der Waals surface area contributed by atoms with E-state index in [4.69, 9.17) is 0 Å². The number of hydrogen-bond acceptors (Lipinski definition) is 2. The van der Waals surface area contributed by atoms with Gasteiger partial charge in [-0.05, 0) is 61.9 Å². The molecule has 1 amide bonds. The number of halogens is 2. The molecule has 3 nitrogen and oxygen atoms in total. The van der Waals surface area contributed by atoms with Gasteiger partial charge in [-0.1, -0.05) is 52.2 Å². The van der Waals surface area contributed by atoms with Gasteiger partial charge in [0.15, 0.2) is 0 Å². The molecular weight excluding hydrogens is 382 g/mol. The third-order valence-electron chi connectivity index (χ3n) is 6.98. The quantitative estimate of drug-likeness (QED) is 0.683. The first-order valence-corrected chi connectivity index (χ1v) is 11.6. The Bertz CT molecular complexity index is 709. The van der Waals surface area contributed by atoms with Crippen molar-refractivity contribution in [1.29, 1.82) is 0 Å². The van der Waals surface area contributed by atoms with E-state index in [1.54, 1.807) is 6.07 Å². The minimum Gasteiger partial charge on any atom is -0.355 e. The average molecular weight is 421 g/mol. The maximum Gasteiger partial charge on any atom is 0.230 e. The van der Waals surface area contributed by atoms with Crippen LogP contribution in [0.15, 0.2) is 24.3 Å². The zero-order valence-corrected chi connectivity index (χ0v) is 18.9. The molecule has 0 unspecified atom stereocenters. The third-order valence-corrected chi connectivity index (χ3v) is 6.98. The molecular formula is C25H38F2N2O. The van der Waals surface area contributed by atoms with Crippen molar-refractivity contribution in [1.82, 2.24) is 10.2 Å².